The summed E-state index contributed by atoms with van der Waals surface area (Å²) in [4.78, 5) is 38.9. The molecule has 1 fully saturated rings. The monoisotopic (exact) mass is 418 g/mol. The highest BCUT2D eigenvalue weighted by atomic mass is 32.2. The van der Waals surface area contributed by atoms with Crippen LogP contribution in [0, 0.1) is 12.8 Å². The second kappa shape index (κ2) is 9.82. The van der Waals surface area contributed by atoms with Gasteiger partial charge in [0.25, 0.3) is 11.8 Å². The van der Waals surface area contributed by atoms with Gasteiger partial charge >= 0.3 is 5.97 Å². The highest BCUT2D eigenvalue weighted by Gasteiger charge is 2.29. The number of hydrogen-bond acceptors (Lipinski definition) is 6. The van der Waals surface area contributed by atoms with Gasteiger partial charge in [-0.25, -0.2) is 0 Å². The van der Waals surface area contributed by atoms with E-state index in [1.807, 2.05) is 13.0 Å². The molecule has 1 saturated heterocycles. The van der Waals surface area contributed by atoms with E-state index in [0.29, 0.717) is 56.2 Å². The smallest absolute Gasteiger partial charge is 0.309 e. The Labute approximate surface area is 174 Å². The predicted molar refractivity (Wildman–Crippen MR) is 112 cm³/mol. The molecule has 1 aromatic rings. The van der Waals surface area contributed by atoms with Crippen LogP contribution in [0.4, 0.5) is 5.69 Å². The van der Waals surface area contributed by atoms with Gasteiger partial charge in [-0.15, -0.1) is 11.8 Å². The molecule has 2 aliphatic heterocycles. The normalized spacial score (nSPS) is 17.2. The lowest BCUT2D eigenvalue weighted by Gasteiger charge is -2.31. The highest BCUT2D eigenvalue weighted by Crippen LogP contribution is 2.24. The van der Waals surface area contributed by atoms with Gasteiger partial charge in [0.1, 0.15) is 0 Å². The minimum atomic E-state index is -0.319. The van der Waals surface area contributed by atoms with Crippen LogP contribution in [-0.2, 0) is 19.1 Å². The minimum absolute atomic E-state index is 0.105. The summed E-state index contributed by atoms with van der Waals surface area (Å²) in [5, 5.41) is 4.54. The van der Waals surface area contributed by atoms with Crippen LogP contribution < -0.4 is 5.32 Å². The molecular formula is C21H26N2O5S. The Morgan fingerprint density at radius 1 is 1.28 bits per heavy atom. The summed E-state index contributed by atoms with van der Waals surface area (Å²) in [6, 6.07) is 5.28. The van der Waals surface area contributed by atoms with Gasteiger partial charge in [0.2, 0.25) is 0 Å². The number of anilines is 1. The number of thioether (sulfide) groups is 1. The third-order valence-electron chi connectivity index (χ3n) is 5.01. The summed E-state index contributed by atoms with van der Waals surface area (Å²) in [6.07, 6.45) is 1.20. The Kier molecular flexibility index (Phi) is 7.19. The number of hydrogen-bond donors (Lipinski definition) is 1. The molecule has 0 bridgehead atoms. The molecule has 1 aromatic carbocycles. The fourth-order valence-corrected chi connectivity index (χ4v) is 3.95. The standard InChI is InChI=1S/C21H26N2O5S/c1-3-27-21(26)15-6-8-23(9-7-15)20(25)16-5-4-14(2)17(12-16)22-19(24)18-13-29-11-10-28-18/h4-5,12-13,15H,3,6-11H2,1-2H3,(H,22,24). The molecule has 2 heterocycles. The number of ether oxygens (including phenoxy) is 2. The summed E-state index contributed by atoms with van der Waals surface area (Å²) in [6.45, 7) is 5.56. The highest BCUT2D eigenvalue weighted by molar-refractivity contribution is 8.02. The van der Waals surface area contributed by atoms with Gasteiger partial charge < -0.3 is 19.7 Å². The van der Waals surface area contributed by atoms with E-state index in [1.54, 1.807) is 29.4 Å². The van der Waals surface area contributed by atoms with Gasteiger partial charge in [0, 0.05) is 35.5 Å². The van der Waals surface area contributed by atoms with Gasteiger partial charge in [-0.05, 0) is 44.4 Å². The van der Waals surface area contributed by atoms with Gasteiger partial charge in [-0.2, -0.15) is 0 Å². The summed E-state index contributed by atoms with van der Waals surface area (Å²) >= 11 is 1.54. The summed E-state index contributed by atoms with van der Waals surface area (Å²) in [7, 11) is 0. The van der Waals surface area contributed by atoms with Crippen LogP contribution in [0.25, 0.3) is 0 Å². The molecular weight excluding hydrogens is 392 g/mol. The second-order valence-corrected chi connectivity index (χ2v) is 7.98. The van der Waals surface area contributed by atoms with E-state index < -0.39 is 0 Å². The van der Waals surface area contributed by atoms with Crippen molar-refractivity contribution in [2.75, 3.05) is 37.4 Å². The van der Waals surface area contributed by atoms with E-state index in [1.165, 1.54) is 11.8 Å². The average Bonchev–Trinajstić information content (AvgIpc) is 2.75. The minimum Gasteiger partial charge on any atom is -0.487 e. The lowest BCUT2D eigenvalue weighted by atomic mass is 9.96. The van der Waals surface area contributed by atoms with Crippen molar-refractivity contribution in [2.24, 2.45) is 5.92 Å². The van der Waals surface area contributed by atoms with Gasteiger partial charge in [0.05, 0.1) is 19.1 Å². The second-order valence-electron chi connectivity index (χ2n) is 7.00. The number of nitrogens with zero attached hydrogens (tertiary/aromatic N) is 1. The molecule has 0 saturated carbocycles. The molecule has 0 spiro atoms. The topological polar surface area (TPSA) is 84.9 Å². The van der Waals surface area contributed by atoms with Crippen LogP contribution in [-0.4, -0.2) is 54.7 Å². The number of likely N-dealkylation sites (tertiary alicyclic amines) is 1. The van der Waals surface area contributed by atoms with Crippen LogP contribution >= 0.6 is 11.8 Å². The first-order valence-electron chi connectivity index (χ1n) is 9.82. The molecule has 8 heteroatoms. The van der Waals surface area contributed by atoms with E-state index in [2.05, 4.69) is 5.32 Å². The molecule has 29 heavy (non-hydrogen) atoms. The molecule has 156 valence electrons. The number of rotatable bonds is 5. The van der Waals surface area contributed by atoms with Crippen molar-refractivity contribution in [1.82, 2.24) is 4.90 Å². The lowest BCUT2D eigenvalue weighted by Crippen LogP contribution is -2.40. The van der Waals surface area contributed by atoms with Crippen LogP contribution in [0.1, 0.15) is 35.7 Å². The zero-order chi connectivity index (χ0) is 20.8. The van der Waals surface area contributed by atoms with Crippen LogP contribution in [0.3, 0.4) is 0 Å². The Morgan fingerprint density at radius 3 is 2.69 bits per heavy atom. The van der Waals surface area contributed by atoms with Gasteiger partial charge in [-0.1, -0.05) is 6.07 Å². The van der Waals surface area contributed by atoms with Crippen molar-refractivity contribution in [2.45, 2.75) is 26.7 Å². The largest absolute Gasteiger partial charge is 0.487 e. The van der Waals surface area contributed by atoms with Crippen molar-refractivity contribution in [1.29, 1.82) is 0 Å². The number of carbonyl (C=O) groups is 3. The van der Waals surface area contributed by atoms with Crippen LogP contribution in [0.5, 0.6) is 0 Å². The van der Waals surface area contributed by atoms with Crippen molar-refractivity contribution >= 4 is 35.2 Å². The zero-order valence-electron chi connectivity index (χ0n) is 16.7. The Hall–Kier alpha value is -2.48. The van der Waals surface area contributed by atoms with E-state index in [-0.39, 0.29) is 23.7 Å². The van der Waals surface area contributed by atoms with Gasteiger partial charge in [0.15, 0.2) is 5.76 Å². The number of aryl methyl sites for hydroxylation is 1. The number of carbonyl (C=O) groups excluding carboxylic acids is 3. The fourth-order valence-electron chi connectivity index (χ4n) is 3.32. The molecule has 0 radical (unpaired) electrons. The predicted octanol–water partition coefficient (Wildman–Crippen LogP) is 2.95. The Morgan fingerprint density at radius 2 is 2.03 bits per heavy atom. The summed E-state index contributed by atoms with van der Waals surface area (Å²) in [5.74, 6) is 0.364. The van der Waals surface area contributed by atoms with E-state index in [4.69, 9.17) is 9.47 Å². The van der Waals surface area contributed by atoms with Crippen LogP contribution in [0.15, 0.2) is 29.4 Å². The van der Waals surface area contributed by atoms with E-state index in [9.17, 15) is 14.4 Å². The van der Waals surface area contributed by atoms with E-state index in [0.717, 1.165) is 11.3 Å². The molecule has 3 rings (SSSR count). The number of nitrogens with one attached hydrogen (secondary N) is 1. The SMILES string of the molecule is CCOC(=O)C1CCN(C(=O)c2ccc(C)c(NC(=O)C3=CSCCO3)c2)CC1. The third-order valence-corrected chi connectivity index (χ3v) is 5.79. The van der Waals surface area contributed by atoms with Crippen molar-refractivity contribution in [3.05, 3.63) is 40.5 Å². The molecule has 2 aliphatic rings. The van der Waals surface area contributed by atoms with E-state index >= 15 is 0 Å². The lowest BCUT2D eigenvalue weighted by molar-refractivity contribution is -0.149. The molecule has 0 aromatic heterocycles. The third kappa shape index (κ3) is 5.32. The number of amides is 2. The first-order valence-corrected chi connectivity index (χ1v) is 10.9. The first kappa shape index (κ1) is 21.2. The maximum Gasteiger partial charge on any atom is 0.309 e. The maximum atomic E-state index is 12.9. The molecule has 7 nitrogen and oxygen atoms in total. The number of piperidine rings is 1. The van der Waals surface area contributed by atoms with Crippen molar-refractivity contribution in [3.63, 3.8) is 0 Å². The first-order chi connectivity index (χ1) is 14.0. The molecule has 0 atom stereocenters. The number of esters is 1. The van der Waals surface area contributed by atoms with Crippen molar-refractivity contribution < 1.29 is 23.9 Å². The number of benzene rings is 1. The maximum absolute atomic E-state index is 12.9. The Balaban J connectivity index is 1.64. The average molecular weight is 419 g/mol. The summed E-state index contributed by atoms with van der Waals surface area (Å²) < 4.78 is 10.5. The fraction of sp³-hybridized carbons (Fsp3) is 0.476. The summed E-state index contributed by atoms with van der Waals surface area (Å²) in [5.41, 5.74) is 1.95. The Bertz CT molecular complexity index is 815. The zero-order valence-corrected chi connectivity index (χ0v) is 17.5. The van der Waals surface area contributed by atoms with Crippen molar-refractivity contribution in [3.8, 4) is 0 Å². The van der Waals surface area contributed by atoms with Crippen LogP contribution in [0.2, 0.25) is 0 Å². The van der Waals surface area contributed by atoms with Gasteiger partial charge in [-0.3, -0.25) is 14.4 Å². The molecule has 2 amide bonds. The molecule has 1 N–H and O–H groups in total. The molecule has 0 aliphatic carbocycles. The molecule has 0 unspecified atom stereocenters. The quantitative estimate of drug-likeness (QED) is 0.740.